The smallest absolute Gasteiger partial charge is 0.248 e. The van der Waals surface area contributed by atoms with E-state index in [9.17, 15) is 9.18 Å². The molecule has 3 atom stereocenters. The molecule has 0 bridgehead atoms. The average molecular weight is 430 g/mol. The fraction of sp³-hybridized carbons (Fsp3) is 0.250. The van der Waals surface area contributed by atoms with Gasteiger partial charge in [-0.3, -0.25) is 4.79 Å². The van der Waals surface area contributed by atoms with Gasteiger partial charge in [0.05, 0.1) is 6.33 Å². The van der Waals surface area contributed by atoms with Crippen molar-refractivity contribution in [1.29, 1.82) is 0 Å². The average Bonchev–Trinajstić information content (AvgIpc) is 3.12. The van der Waals surface area contributed by atoms with E-state index in [1.807, 2.05) is 18.2 Å². The van der Waals surface area contributed by atoms with E-state index in [0.717, 1.165) is 16.9 Å². The van der Waals surface area contributed by atoms with Gasteiger partial charge in [0, 0.05) is 30.2 Å². The highest BCUT2D eigenvalue weighted by molar-refractivity contribution is 5.82. The first-order chi connectivity index (χ1) is 15.6. The van der Waals surface area contributed by atoms with Crippen LogP contribution in [-0.4, -0.2) is 31.8 Å². The lowest BCUT2D eigenvalue weighted by Gasteiger charge is -2.11. The Morgan fingerprint density at radius 3 is 2.97 bits per heavy atom. The van der Waals surface area contributed by atoms with Crippen molar-refractivity contribution in [2.45, 2.75) is 31.8 Å². The van der Waals surface area contributed by atoms with Crippen LogP contribution in [0.15, 0.2) is 49.1 Å². The Morgan fingerprint density at radius 1 is 1.19 bits per heavy atom. The Morgan fingerprint density at radius 2 is 2.09 bits per heavy atom. The SMILES string of the molecule is Cc1cc(CC(=O)C[C@@H]2[C@H]3Oc4ccc(Oc5ncnc6nc[nH]c56)cc4[C@@H]23)ccc1F. The van der Waals surface area contributed by atoms with E-state index in [1.54, 1.807) is 25.4 Å². The van der Waals surface area contributed by atoms with Crippen LogP contribution in [0.25, 0.3) is 11.2 Å². The van der Waals surface area contributed by atoms with E-state index >= 15 is 0 Å². The second-order valence-electron chi connectivity index (χ2n) is 8.36. The van der Waals surface area contributed by atoms with E-state index in [2.05, 4.69) is 19.9 Å². The number of Topliss-reactive ketones (excluding diaryl/α,β-unsaturated/α-hetero) is 1. The van der Waals surface area contributed by atoms with Crippen LogP contribution in [0.2, 0.25) is 0 Å². The maximum Gasteiger partial charge on any atom is 0.248 e. The normalized spacial score (nSPS) is 20.5. The molecule has 2 aliphatic rings. The van der Waals surface area contributed by atoms with Crippen LogP contribution < -0.4 is 9.47 Å². The van der Waals surface area contributed by atoms with Crippen molar-refractivity contribution >= 4 is 16.9 Å². The molecule has 1 N–H and O–H groups in total. The molecule has 7 nitrogen and oxygen atoms in total. The minimum absolute atomic E-state index is 0.0255. The molecule has 6 rings (SSSR count). The van der Waals surface area contributed by atoms with E-state index in [0.29, 0.717) is 41.2 Å². The molecule has 32 heavy (non-hydrogen) atoms. The Hall–Kier alpha value is -3.81. The molecule has 8 heteroatoms. The number of rotatable bonds is 6. The summed E-state index contributed by atoms with van der Waals surface area (Å²) in [4.78, 5) is 28.0. The third-order valence-electron chi connectivity index (χ3n) is 6.19. The van der Waals surface area contributed by atoms with Gasteiger partial charge in [-0.25, -0.2) is 14.4 Å². The second-order valence-corrected chi connectivity index (χ2v) is 8.36. The van der Waals surface area contributed by atoms with Gasteiger partial charge in [-0.05, 0) is 42.3 Å². The maximum atomic E-state index is 13.5. The molecule has 0 radical (unpaired) electrons. The molecule has 0 unspecified atom stereocenters. The third kappa shape index (κ3) is 3.19. The summed E-state index contributed by atoms with van der Waals surface area (Å²) in [5.41, 5.74) is 3.62. The maximum absolute atomic E-state index is 13.5. The van der Waals surface area contributed by atoms with Gasteiger partial charge in [0.1, 0.15) is 41.0 Å². The zero-order valence-corrected chi connectivity index (χ0v) is 17.2. The Bertz CT molecular complexity index is 1370. The molecule has 1 fully saturated rings. The van der Waals surface area contributed by atoms with Crippen LogP contribution in [0.5, 0.6) is 17.4 Å². The van der Waals surface area contributed by atoms with E-state index in [-0.39, 0.29) is 29.5 Å². The number of hydrogen-bond acceptors (Lipinski definition) is 6. The van der Waals surface area contributed by atoms with Crippen molar-refractivity contribution in [2.75, 3.05) is 0 Å². The molecule has 1 aliphatic carbocycles. The number of nitrogens with zero attached hydrogens (tertiary/aromatic N) is 3. The molecule has 2 aromatic carbocycles. The number of halogens is 1. The van der Waals surface area contributed by atoms with E-state index < -0.39 is 0 Å². The summed E-state index contributed by atoms with van der Waals surface area (Å²) in [5, 5.41) is 0. The number of carbonyl (C=O) groups is 1. The lowest BCUT2D eigenvalue weighted by Crippen LogP contribution is -2.08. The minimum Gasteiger partial charge on any atom is -0.489 e. The number of ketones is 1. The number of ether oxygens (including phenoxy) is 2. The van der Waals surface area contributed by atoms with Gasteiger partial charge in [0.25, 0.3) is 0 Å². The van der Waals surface area contributed by atoms with Crippen molar-refractivity contribution in [1.82, 2.24) is 19.9 Å². The Kier molecular flexibility index (Phi) is 4.21. The number of aromatic nitrogens is 4. The number of aromatic amines is 1. The van der Waals surface area contributed by atoms with Crippen LogP contribution in [0.3, 0.4) is 0 Å². The first-order valence-electron chi connectivity index (χ1n) is 10.5. The number of hydrogen-bond donors (Lipinski definition) is 1. The first-order valence-corrected chi connectivity index (χ1v) is 10.5. The number of nitrogens with one attached hydrogen (secondary N) is 1. The molecule has 160 valence electrons. The lowest BCUT2D eigenvalue weighted by molar-refractivity contribution is -0.118. The van der Waals surface area contributed by atoms with E-state index in [1.165, 1.54) is 12.4 Å². The largest absolute Gasteiger partial charge is 0.489 e. The van der Waals surface area contributed by atoms with Crippen molar-refractivity contribution in [3.8, 4) is 17.4 Å². The van der Waals surface area contributed by atoms with Gasteiger partial charge in [-0.15, -0.1) is 0 Å². The fourth-order valence-electron chi connectivity index (χ4n) is 4.57. The monoisotopic (exact) mass is 430 g/mol. The highest BCUT2D eigenvalue weighted by atomic mass is 19.1. The molecule has 0 saturated heterocycles. The van der Waals surface area contributed by atoms with Crippen molar-refractivity contribution in [3.05, 3.63) is 71.6 Å². The number of benzene rings is 2. The highest BCUT2D eigenvalue weighted by Gasteiger charge is 2.59. The molecule has 2 aromatic heterocycles. The number of imidazole rings is 1. The summed E-state index contributed by atoms with van der Waals surface area (Å²) >= 11 is 0. The van der Waals surface area contributed by atoms with Crippen LogP contribution in [-0.2, 0) is 11.2 Å². The summed E-state index contributed by atoms with van der Waals surface area (Å²) in [7, 11) is 0. The summed E-state index contributed by atoms with van der Waals surface area (Å²) in [6.07, 6.45) is 3.73. The van der Waals surface area contributed by atoms with Gasteiger partial charge in [0.15, 0.2) is 5.65 Å². The third-order valence-corrected chi connectivity index (χ3v) is 6.19. The number of carbonyl (C=O) groups excluding carboxylic acids is 1. The predicted molar refractivity (Wildman–Crippen MR) is 113 cm³/mol. The molecule has 3 heterocycles. The highest BCUT2D eigenvalue weighted by Crippen LogP contribution is 2.60. The fourth-order valence-corrected chi connectivity index (χ4v) is 4.57. The number of fused-ring (bicyclic) bond motifs is 4. The molecule has 1 saturated carbocycles. The minimum atomic E-state index is -0.254. The van der Waals surface area contributed by atoms with Gasteiger partial charge in [-0.2, -0.15) is 4.98 Å². The summed E-state index contributed by atoms with van der Waals surface area (Å²) in [6, 6.07) is 10.5. The second kappa shape index (κ2) is 7.12. The van der Waals surface area contributed by atoms with Crippen LogP contribution in [0.4, 0.5) is 4.39 Å². The first kappa shape index (κ1) is 18.9. The van der Waals surface area contributed by atoms with Crippen LogP contribution >= 0.6 is 0 Å². The van der Waals surface area contributed by atoms with Crippen LogP contribution in [0.1, 0.15) is 29.0 Å². The van der Waals surface area contributed by atoms with E-state index in [4.69, 9.17) is 9.47 Å². The summed E-state index contributed by atoms with van der Waals surface area (Å²) in [6.45, 7) is 1.71. The van der Waals surface area contributed by atoms with Gasteiger partial charge in [-0.1, -0.05) is 12.1 Å². The van der Waals surface area contributed by atoms with Crippen molar-refractivity contribution in [2.24, 2.45) is 5.92 Å². The number of aryl methyl sites for hydroxylation is 1. The Balaban J connectivity index is 1.15. The zero-order chi connectivity index (χ0) is 21.8. The standard InChI is InChI=1S/C24H19FN4O3/c1-12-6-13(2-4-18(12)25)7-14(30)8-17-20-16-9-15(3-5-19(16)32-22(17)20)31-24-21-23(27-10-26-21)28-11-29-24/h2-6,9-11,17,20,22H,7-8H2,1H3,(H,26,27,28,29)/t17-,20-,22+/m0/s1. The topological polar surface area (TPSA) is 90.0 Å². The molecule has 4 aromatic rings. The van der Waals surface area contributed by atoms with Crippen molar-refractivity contribution < 1.29 is 18.7 Å². The quantitative estimate of drug-likeness (QED) is 0.491. The van der Waals surface area contributed by atoms with Gasteiger partial charge < -0.3 is 14.5 Å². The van der Waals surface area contributed by atoms with Crippen molar-refractivity contribution in [3.63, 3.8) is 0 Å². The lowest BCUT2D eigenvalue weighted by atomic mass is 10.0. The number of H-pyrrole nitrogens is 1. The van der Waals surface area contributed by atoms with Gasteiger partial charge in [0.2, 0.25) is 5.88 Å². The predicted octanol–water partition coefficient (Wildman–Crippen LogP) is 4.27. The summed E-state index contributed by atoms with van der Waals surface area (Å²) < 4.78 is 25.5. The van der Waals surface area contributed by atoms with Crippen LogP contribution in [0, 0.1) is 18.7 Å². The summed E-state index contributed by atoms with van der Waals surface area (Å²) in [5.74, 6) is 2.10. The Labute approximate surface area is 182 Å². The molecule has 0 spiro atoms. The molecule has 0 amide bonds. The molecular weight excluding hydrogens is 411 g/mol. The molecular formula is C24H19FN4O3. The molecule has 1 aliphatic heterocycles. The zero-order valence-electron chi connectivity index (χ0n) is 17.2. The van der Waals surface area contributed by atoms with Gasteiger partial charge >= 0.3 is 0 Å².